The molecule has 0 bridgehead atoms. The molecule has 0 aliphatic carbocycles. The number of hydrogen-bond acceptors (Lipinski definition) is 4. The minimum atomic E-state index is 0.0212. The van der Waals surface area contributed by atoms with Crippen LogP contribution in [-0.2, 0) is 0 Å². The maximum absolute atomic E-state index is 12.6. The third kappa shape index (κ3) is 3.75. The van der Waals surface area contributed by atoms with Crippen LogP contribution in [0, 0.1) is 11.8 Å². The highest BCUT2D eigenvalue weighted by molar-refractivity contribution is 7.99. The number of nitrogens with zero attached hydrogens (tertiary/aromatic N) is 2. The molecule has 0 saturated carbocycles. The summed E-state index contributed by atoms with van der Waals surface area (Å²) in [4.78, 5) is 18.5. The first-order valence-electron chi connectivity index (χ1n) is 6.67. The van der Waals surface area contributed by atoms with Gasteiger partial charge in [-0.25, -0.2) is 0 Å². The number of aromatic nitrogens is 1. The highest BCUT2D eigenvalue weighted by Gasteiger charge is 2.23. The third-order valence-corrected chi connectivity index (χ3v) is 4.18. The van der Waals surface area contributed by atoms with Crippen LogP contribution in [0.5, 0.6) is 0 Å². The molecule has 0 aromatic carbocycles. The van der Waals surface area contributed by atoms with Crippen LogP contribution in [0.3, 0.4) is 0 Å². The SMILES string of the molecule is CC1CN(C(=O)c2ccncc2C#CCCO)CCS1. The predicted octanol–water partition coefficient (Wildman–Crippen LogP) is 1.39. The number of amides is 1. The Hall–Kier alpha value is -1.51. The van der Waals surface area contributed by atoms with Crippen molar-refractivity contribution in [3.05, 3.63) is 29.6 Å². The van der Waals surface area contributed by atoms with Crippen LogP contribution < -0.4 is 0 Å². The van der Waals surface area contributed by atoms with E-state index in [4.69, 9.17) is 5.11 Å². The summed E-state index contributed by atoms with van der Waals surface area (Å²) in [6.07, 6.45) is 3.63. The molecule has 2 rings (SSSR count). The van der Waals surface area contributed by atoms with E-state index in [9.17, 15) is 4.79 Å². The molecule has 1 atom stereocenters. The zero-order chi connectivity index (χ0) is 14.4. The molecule has 1 aliphatic rings. The Bertz CT molecular complexity index is 536. The van der Waals surface area contributed by atoms with E-state index in [2.05, 4.69) is 23.7 Å². The van der Waals surface area contributed by atoms with Gasteiger partial charge in [-0.3, -0.25) is 9.78 Å². The van der Waals surface area contributed by atoms with Gasteiger partial charge in [-0.1, -0.05) is 18.8 Å². The van der Waals surface area contributed by atoms with Crippen molar-refractivity contribution in [1.29, 1.82) is 0 Å². The number of rotatable bonds is 2. The summed E-state index contributed by atoms with van der Waals surface area (Å²) >= 11 is 1.89. The first kappa shape index (κ1) is 14.9. The van der Waals surface area contributed by atoms with Gasteiger partial charge in [0.05, 0.1) is 17.7 Å². The molecule has 1 aliphatic heterocycles. The quantitative estimate of drug-likeness (QED) is 0.836. The standard InChI is InChI=1S/C15H18N2O2S/c1-12-11-17(7-9-20-12)15(19)14-5-6-16-10-13(14)4-2-3-8-18/h5-6,10,12,18H,3,7-9,11H2,1H3. The molecule has 1 amide bonds. The summed E-state index contributed by atoms with van der Waals surface area (Å²) in [5.41, 5.74) is 1.24. The van der Waals surface area contributed by atoms with Gasteiger partial charge in [0, 0.05) is 42.9 Å². The van der Waals surface area contributed by atoms with Gasteiger partial charge in [-0.05, 0) is 6.07 Å². The fraction of sp³-hybridized carbons (Fsp3) is 0.467. The second-order valence-corrected chi connectivity index (χ2v) is 6.18. The number of carbonyl (C=O) groups excluding carboxylic acids is 1. The molecule has 1 aromatic rings. The molecule has 1 unspecified atom stereocenters. The van der Waals surface area contributed by atoms with E-state index in [1.54, 1.807) is 18.5 Å². The minimum Gasteiger partial charge on any atom is -0.395 e. The van der Waals surface area contributed by atoms with Gasteiger partial charge in [0.25, 0.3) is 5.91 Å². The Morgan fingerprint density at radius 1 is 1.65 bits per heavy atom. The molecule has 106 valence electrons. The van der Waals surface area contributed by atoms with Gasteiger partial charge in [-0.2, -0.15) is 11.8 Å². The fourth-order valence-electron chi connectivity index (χ4n) is 2.07. The van der Waals surface area contributed by atoms with E-state index >= 15 is 0 Å². The van der Waals surface area contributed by atoms with Crippen molar-refractivity contribution in [2.24, 2.45) is 0 Å². The minimum absolute atomic E-state index is 0.0212. The van der Waals surface area contributed by atoms with Crippen LogP contribution in [0.25, 0.3) is 0 Å². The number of pyridine rings is 1. The van der Waals surface area contributed by atoms with Crippen LogP contribution in [0.4, 0.5) is 0 Å². The highest BCUT2D eigenvalue weighted by Crippen LogP contribution is 2.20. The number of carbonyl (C=O) groups is 1. The molecule has 1 saturated heterocycles. The molecule has 2 heterocycles. The van der Waals surface area contributed by atoms with Crippen molar-refractivity contribution in [1.82, 2.24) is 9.88 Å². The average molecular weight is 290 g/mol. The Labute approximate surface area is 123 Å². The number of thioether (sulfide) groups is 1. The number of aliphatic hydroxyl groups excluding tert-OH is 1. The van der Waals surface area contributed by atoms with Gasteiger partial charge in [-0.15, -0.1) is 0 Å². The summed E-state index contributed by atoms with van der Waals surface area (Å²) in [6, 6.07) is 1.72. The Kier molecular flexibility index (Phi) is 5.45. The van der Waals surface area contributed by atoms with Gasteiger partial charge in [0.2, 0.25) is 0 Å². The summed E-state index contributed by atoms with van der Waals surface area (Å²) in [6.45, 7) is 3.71. The van der Waals surface area contributed by atoms with Crippen molar-refractivity contribution in [3.63, 3.8) is 0 Å². The van der Waals surface area contributed by atoms with Crippen LogP contribution in [0.2, 0.25) is 0 Å². The van der Waals surface area contributed by atoms with E-state index in [-0.39, 0.29) is 12.5 Å². The largest absolute Gasteiger partial charge is 0.395 e. The molecular formula is C15H18N2O2S. The van der Waals surface area contributed by atoms with E-state index < -0.39 is 0 Å². The van der Waals surface area contributed by atoms with E-state index in [0.29, 0.717) is 22.8 Å². The highest BCUT2D eigenvalue weighted by atomic mass is 32.2. The monoisotopic (exact) mass is 290 g/mol. The number of aliphatic hydroxyl groups is 1. The van der Waals surface area contributed by atoms with Crippen molar-refractivity contribution < 1.29 is 9.90 Å². The van der Waals surface area contributed by atoms with E-state index in [0.717, 1.165) is 18.8 Å². The van der Waals surface area contributed by atoms with Crippen LogP contribution >= 0.6 is 11.8 Å². The number of hydrogen-bond donors (Lipinski definition) is 1. The summed E-state index contributed by atoms with van der Waals surface area (Å²) in [7, 11) is 0. The van der Waals surface area contributed by atoms with Crippen LogP contribution in [0.15, 0.2) is 18.5 Å². The summed E-state index contributed by atoms with van der Waals surface area (Å²) in [5, 5.41) is 9.23. The van der Waals surface area contributed by atoms with Crippen molar-refractivity contribution in [2.75, 3.05) is 25.4 Å². The van der Waals surface area contributed by atoms with Crippen molar-refractivity contribution in [3.8, 4) is 11.8 Å². The maximum atomic E-state index is 12.6. The van der Waals surface area contributed by atoms with Crippen molar-refractivity contribution in [2.45, 2.75) is 18.6 Å². The second-order valence-electron chi connectivity index (χ2n) is 4.63. The molecular weight excluding hydrogens is 272 g/mol. The van der Waals surface area contributed by atoms with Crippen LogP contribution in [0.1, 0.15) is 29.3 Å². The average Bonchev–Trinajstić information content (AvgIpc) is 2.47. The Morgan fingerprint density at radius 3 is 3.25 bits per heavy atom. The first-order valence-corrected chi connectivity index (χ1v) is 7.72. The fourth-order valence-corrected chi connectivity index (χ4v) is 3.08. The zero-order valence-electron chi connectivity index (χ0n) is 11.5. The lowest BCUT2D eigenvalue weighted by Crippen LogP contribution is -2.41. The smallest absolute Gasteiger partial charge is 0.255 e. The van der Waals surface area contributed by atoms with Gasteiger partial charge in [0.1, 0.15) is 0 Å². The topological polar surface area (TPSA) is 53.4 Å². The lowest BCUT2D eigenvalue weighted by molar-refractivity contribution is 0.0762. The Balaban J connectivity index is 2.19. The second kappa shape index (κ2) is 7.32. The van der Waals surface area contributed by atoms with Crippen LogP contribution in [-0.4, -0.2) is 51.6 Å². The van der Waals surface area contributed by atoms with E-state index in [1.807, 2.05) is 16.7 Å². The molecule has 0 radical (unpaired) electrons. The van der Waals surface area contributed by atoms with E-state index in [1.165, 1.54) is 0 Å². The predicted molar refractivity (Wildman–Crippen MR) is 80.6 cm³/mol. The lowest BCUT2D eigenvalue weighted by Gasteiger charge is -2.30. The normalized spacial score (nSPS) is 18.3. The molecule has 1 fully saturated rings. The first-order chi connectivity index (χ1) is 9.72. The molecule has 4 nitrogen and oxygen atoms in total. The summed E-state index contributed by atoms with van der Waals surface area (Å²) in [5.74, 6) is 6.76. The Morgan fingerprint density at radius 2 is 2.50 bits per heavy atom. The summed E-state index contributed by atoms with van der Waals surface area (Å²) < 4.78 is 0. The van der Waals surface area contributed by atoms with Crippen molar-refractivity contribution >= 4 is 17.7 Å². The molecule has 0 spiro atoms. The van der Waals surface area contributed by atoms with Gasteiger partial charge < -0.3 is 10.0 Å². The lowest BCUT2D eigenvalue weighted by atomic mass is 10.1. The molecule has 5 heteroatoms. The zero-order valence-corrected chi connectivity index (χ0v) is 12.3. The third-order valence-electron chi connectivity index (χ3n) is 3.04. The maximum Gasteiger partial charge on any atom is 0.255 e. The van der Waals surface area contributed by atoms with Gasteiger partial charge in [0.15, 0.2) is 0 Å². The molecule has 1 aromatic heterocycles. The molecule has 1 N–H and O–H groups in total. The molecule has 20 heavy (non-hydrogen) atoms. The van der Waals surface area contributed by atoms with Gasteiger partial charge >= 0.3 is 0 Å².